The van der Waals surface area contributed by atoms with E-state index in [1.54, 1.807) is 17.0 Å². The van der Waals surface area contributed by atoms with Crippen LogP contribution in [0.3, 0.4) is 0 Å². The second kappa shape index (κ2) is 7.93. The minimum absolute atomic E-state index is 0.0768. The third-order valence-corrected chi connectivity index (χ3v) is 4.35. The Balaban J connectivity index is 1.97. The fourth-order valence-corrected chi connectivity index (χ4v) is 3.22. The summed E-state index contributed by atoms with van der Waals surface area (Å²) in [4.78, 5) is 16.0. The number of benzene rings is 1. The largest absolute Gasteiger partial charge is 0.375 e. The number of halogens is 3. The van der Waals surface area contributed by atoms with Crippen molar-refractivity contribution < 1.29 is 13.6 Å². The summed E-state index contributed by atoms with van der Waals surface area (Å²) in [6, 6.07) is 5.37. The molecule has 1 aromatic rings. The summed E-state index contributed by atoms with van der Waals surface area (Å²) in [5.74, 6) is -0.232. The van der Waals surface area contributed by atoms with Gasteiger partial charge in [-0.1, -0.05) is 17.7 Å². The van der Waals surface area contributed by atoms with Gasteiger partial charge in [0, 0.05) is 20.0 Å². The van der Waals surface area contributed by atoms with E-state index in [1.807, 2.05) is 25.1 Å². The molecule has 7 heteroatoms. The third-order valence-electron chi connectivity index (χ3n) is 4.05. The van der Waals surface area contributed by atoms with Crippen LogP contribution in [0.15, 0.2) is 18.2 Å². The lowest BCUT2D eigenvalue weighted by Gasteiger charge is -2.31. The van der Waals surface area contributed by atoms with E-state index in [0.29, 0.717) is 36.6 Å². The molecule has 1 fully saturated rings. The van der Waals surface area contributed by atoms with Crippen LogP contribution in [0.1, 0.15) is 12.8 Å². The Labute approximate surface area is 140 Å². The highest BCUT2D eigenvalue weighted by molar-refractivity contribution is 6.34. The van der Waals surface area contributed by atoms with Crippen LogP contribution in [-0.2, 0) is 4.79 Å². The molecule has 1 aliphatic heterocycles. The summed E-state index contributed by atoms with van der Waals surface area (Å²) in [6.07, 6.45) is -1.14. The maximum Gasteiger partial charge on any atom is 0.251 e. The summed E-state index contributed by atoms with van der Waals surface area (Å²) in [5.41, 5.74) is 1.43. The van der Waals surface area contributed by atoms with Gasteiger partial charge in [-0.25, -0.2) is 8.78 Å². The lowest BCUT2D eigenvalue weighted by molar-refractivity contribution is -0.121. The first-order valence-corrected chi connectivity index (χ1v) is 8.03. The number of rotatable bonds is 5. The molecule has 1 N–H and O–H groups in total. The molecular weight excluding hydrogens is 324 g/mol. The lowest BCUT2D eigenvalue weighted by Crippen LogP contribution is -2.40. The Morgan fingerprint density at radius 2 is 2.04 bits per heavy atom. The summed E-state index contributed by atoms with van der Waals surface area (Å²) < 4.78 is 24.8. The van der Waals surface area contributed by atoms with Crippen LogP contribution in [0, 0.1) is 5.92 Å². The van der Waals surface area contributed by atoms with Gasteiger partial charge in [0.1, 0.15) is 0 Å². The van der Waals surface area contributed by atoms with Crippen molar-refractivity contribution in [1.82, 2.24) is 4.90 Å². The number of nitrogens with one attached hydrogen (secondary N) is 1. The van der Waals surface area contributed by atoms with Gasteiger partial charge in [-0.15, -0.1) is 0 Å². The van der Waals surface area contributed by atoms with Crippen molar-refractivity contribution in [1.29, 1.82) is 0 Å². The second-order valence-electron chi connectivity index (χ2n) is 5.99. The number of anilines is 2. The predicted molar refractivity (Wildman–Crippen MR) is 89.6 cm³/mol. The average molecular weight is 346 g/mol. The molecule has 1 saturated heterocycles. The first kappa shape index (κ1) is 17.9. The number of amides is 1. The molecule has 1 amide bonds. The number of alkyl halides is 2. The van der Waals surface area contributed by atoms with E-state index in [2.05, 4.69) is 5.32 Å². The molecule has 1 aromatic carbocycles. The lowest BCUT2D eigenvalue weighted by atomic mass is 9.95. The van der Waals surface area contributed by atoms with E-state index in [0.717, 1.165) is 5.69 Å². The Kier molecular flexibility index (Phi) is 6.18. The molecule has 0 radical (unpaired) electrons. The van der Waals surface area contributed by atoms with E-state index in [9.17, 15) is 13.6 Å². The Morgan fingerprint density at radius 3 is 2.61 bits per heavy atom. The van der Waals surface area contributed by atoms with E-state index >= 15 is 0 Å². The molecule has 0 saturated carbocycles. The van der Waals surface area contributed by atoms with Crippen molar-refractivity contribution in [2.45, 2.75) is 19.3 Å². The van der Waals surface area contributed by atoms with Crippen LogP contribution < -0.4 is 10.2 Å². The van der Waals surface area contributed by atoms with Crippen LogP contribution >= 0.6 is 11.6 Å². The Morgan fingerprint density at radius 1 is 1.39 bits per heavy atom. The number of nitrogens with zero attached hydrogens (tertiary/aromatic N) is 2. The highest BCUT2D eigenvalue weighted by Crippen LogP contribution is 2.33. The van der Waals surface area contributed by atoms with Gasteiger partial charge >= 0.3 is 0 Å². The van der Waals surface area contributed by atoms with Crippen molar-refractivity contribution in [3.63, 3.8) is 0 Å². The summed E-state index contributed by atoms with van der Waals surface area (Å²) in [6.45, 7) is 0.838. The molecular formula is C16H22ClF2N3O. The van der Waals surface area contributed by atoms with Crippen molar-refractivity contribution >= 4 is 28.9 Å². The molecule has 1 aliphatic rings. The fourth-order valence-electron chi connectivity index (χ4n) is 2.88. The molecule has 0 aromatic heterocycles. The van der Waals surface area contributed by atoms with Crippen molar-refractivity contribution in [3.05, 3.63) is 23.2 Å². The van der Waals surface area contributed by atoms with Gasteiger partial charge in [-0.2, -0.15) is 0 Å². The van der Waals surface area contributed by atoms with Crippen molar-refractivity contribution in [3.8, 4) is 0 Å². The Hall–Kier alpha value is -1.40. The van der Waals surface area contributed by atoms with Gasteiger partial charge in [0.05, 0.1) is 22.9 Å². The quantitative estimate of drug-likeness (QED) is 0.889. The van der Waals surface area contributed by atoms with Gasteiger partial charge in [-0.3, -0.25) is 9.69 Å². The monoisotopic (exact) mass is 345 g/mol. The zero-order valence-electron chi connectivity index (χ0n) is 13.4. The van der Waals surface area contributed by atoms with Crippen LogP contribution in [0.4, 0.5) is 20.2 Å². The van der Waals surface area contributed by atoms with Crippen LogP contribution in [0.25, 0.3) is 0 Å². The van der Waals surface area contributed by atoms with E-state index in [4.69, 9.17) is 11.6 Å². The average Bonchev–Trinajstić information content (AvgIpc) is 2.47. The molecule has 0 bridgehead atoms. The standard InChI is InChI=1S/C16H22ClF2N3O/c1-21(2)15-12(17)4-3-5-13(15)20-16(23)11-6-8-22(9-7-11)10-14(18)19/h3-5,11,14H,6-10H2,1-2H3,(H,20,23). The SMILES string of the molecule is CN(C)c1c(Cl)cccc1NC(=O)C1CCN(CC(F)F)CC1. The van der Waals surface area contributed by atoms with Crippen molar-refractivity contribution in [2.24, 2.45) is 5.92 Å². The number of hydrogen-bond donors (Lipinski definition) is 1. The number of para-hydroxylation sites is 1. The highest BCUT2D eigenvalue weighted by Gasteiger charge is 2.26. The zero-order chi connectivity index (χ0) is 17.0. The highest BCUT2D eigenvalue weighted by atomic mass is 35.5. The molecule has 0 aliphatic carbocycles. The van der Waals surface area contributed by atoms with E-state index in [-0.39, 0.29) is 18.4 Å². The van der Waals surface area contributed by atoms with E-state index in [1.165, 1.54) is 0 Å². The third kappa shape index (κ3) is 4.78. The smallest absolute Gasteiger partial charge is 0.251 e. The minimum atomic E-state index is -2.32. The number of piperidine rings is 1. The maximum atomic E-state index is 12.4. The molecule has 1 heterocycles. The van der Waals surface area contributed by atoms with Gasteiger partial charge in [0.25, 0.3) is 6.43 Å². The maximum absolute atomic E-state index is 12.4. The van der Waals surface area contributed by atoms with Crippen LogP contribution in [0.5, 0.6) is 0 Å². The van der Waals surface area contributed by atoms with Gasteiger partial charge in [0.15, 0.2) is 0 Å². The van der Waals surface area contributed by atoms with Crippen LogP contribution in [0.2, 0.25) is 5.02 Å². The second-order valence-corrected chi connectivity index (χ2v) is 6.39. The zero-order valence-corrected chi connectivity index (χ0v) is 14.1. The van der Waals surface area contributed by atoms with Gasteiger partial charge in [-0.05, 0) is 38.1 Å². The molecule has 2 rings (SSSR count). The van der Waals surface area contributed by atoms with E-state index < -0.39 is 6.43 Å². The number of carbonyl (C=O) groups is 1. The Bertz CT molecular complexity index is 546. The van der Waals surface area contributed by atoms with Crippen LogP contribution in [-0.4, -0.2) is 51.0 Å². The molecule has 0 atom stereocenters. The first-order chi connectivity index (χ1) is 10.9. The number of likely N-dealkylation sites (tertiary alicyclic amines) is 1. The first-order valence-electron chi connectivity index (χ1n) is 7.65. The normalized spacial score (nSPS) is 16.6. The molecule has 128 valence electrons. The number of carbonyl (C=O) groups excluding carboxylic acids is 1. The summed E-state index contributed by atoms with van der Waals surface area (Å²) in [7, 11) is 3.72. The molecule has 4 nitrogen and oxygen atoms in total. The fraction of sp³-hybridized carbons (Fsp3) is 0.562. The predicted octanol–water partition coefficient (Wildman–Crippen LogP) is 3.32. The van der Waals surface area contributed by atoms with Gasteiger partial charge in [0.2, 0.25) is 5.91 Å². The topological polar surface area (TPSA) is 35.6 Å². The molecule has 23 heavy (non-hydrogen) atoms. The molecule has 0 unspecified atom stereocenters. The van der Waals surface area contributed by atoms with Gasteiger partial charge < -0.3 is 10.2 Å². The summed E-state index contributed by atoms with van der Waals surface area (Å²) in [5, 5.41) is 3.50. The minimum Gasteiger partial charge on any atom is -0.375 e. The van der Waals surface area contributed by atoms with Crippen molar-refractivity contribution in [2.75, 3.05) is 43.9 Å². The number of hydrogen-bond acceptors (Lipinski definition) is 3. The summed E-state index contributed by atoms with van der Waals surface area (Å²) >= 11 is 6.19. The molecule has 0 spiro atoms.